The van der Waals surface area contributed by atoms with E-state index in [1.807, 2.05) is 30.3 Å². The molecule has 0 heterocycles. The first-order valence-corrected chi connectivity index (χ1v) is 6.69. The maximum atomic E-state index is 13.9. The Labute approximate surface area is 119 Å². The lowest BCUT2D eigenvalue weighted by molar-refractivity contribution is 0.593. The molecule has 94 valence electrons. The van der Waals surface area contributed by atoms with Gasteiger partial charge in [-0.15, -0.1) is 0 Å². The smallest absolute Gasteiger partial charge is 0.146 e. The average molecular weight is 329 g/mol. The lowest BCUT2D eigenvalue weighted by Gasteiger charge is -2.13. The van der Waals surface area contributed by atoms with E-state index in [1.54, 1.807) is 12.1 Å². The summed E-state index contributed by atoms with van der Waals surface area (Å²) in [5.74, 6) is -0.405. The number of halogens is 3. The molecule has 0 saturated heterocycles. The van der Waals surface area contributed by atoms with E-state index in [1.165, 1.54) is 0 Å². The van der Waals surface area contributed by atoms with Gasteiger partial charge in [-0.1, -0.05) is 48.0 Å². The minimum absolute atomic E-state index is 0.104. The molecule has 0 aliphatic carbocycles. The molecule has 2 rings (SSSR count). The quantitative estimate of drug-likeness (QED) is 0.826. The molecular formula is C14H12BrClFN. The van der Waals surface area contributed by atoms with Crippen LogP contribution in [0.5, 0.6) is 0 Å². The molecule has 0 fully saturated rings. The summed E-state index contributed by atoms with van der Waals surface area (Å²) in [7, 11) is 0. The SMILES string of the molecule is NC(Cc1ccc(Br)c(Cl)c1F)c1ccccc1. The molecule has 0 aliphatic rings. The van der Waals surface area contributed by atoms with Gasteiger partial charge in [0.05, 0.1) is 5.02 Å². The number of hydrogen-bond donors (Lipinski definition) is 1. The van der Waals surface area contributed by atoms with E-state index in [2.05, 4.69) is 15.9 Å². The van der Waals surface area contributed by atoms with Crippen molar-refractivity contribution in [3.63, 3.8) is 0 Å². The van der Waals surface area contributed by atoms with Crippen molar-refractivity contribution >= 4 is 27.5 Å². The van der Waals surface area contributed by atoms with E-state index in [0.717, 1.165) is 5.56 Å². The molecule has 1 unspecified atom stereocenters. The van der Waals surface area contributed by atoms with Crippen LogP contribution in [0.25, 0.3) is 0 Å². The Morgan fingerprint density at radius 3 is 2.50 bits per heavy atom. The van der Waals surface area contributed by atoms with Crippen molar-refractivity contribution in [2.75, 3.05) is 0 Å². The minimum Gasteiger partial charge on any atom is -0.324 e. The molecule has 0 aliphatic heterocycles. The Morgan fingerprint density at radius 1 is 1.17 bits per heavy atom. The summed E-state index contributed by atoms with van der Waals surface area (Å²) in [6, 6.07) is 12.8. The second-order valence-corrected chi connectivity index (χ2v) is 5.29. The normalized spacial score (nSPS) is 12.4. The molecule has 0 amide bonds. The molecule has 1 nitrogen and oxygen atoms in total. The van der Waals surface area contributed by atoms with Crippen molar-refractivity contribution in [2.45, 2.75) is 12.5 Å². The largest absolute Gasteiger partial charge is 0.324 e. The highest BCUT2D eigenvalue weighted by Gasteiger charge is 2.14. The van der Waals surface area contributed by atoms with E-state index in [4.69, 9.17) is 17.3 Å². The van der Waals surface area contributed by atoms with E-state index in [-0.39, 0.29) is 11.1 Å². The van der Waals surface area contributed by atoms with Crippen LogP contribution in [-0.4, -0.2) is 0 Å². The highest BCUT2D eigenvalue weighted by Crippen LogP contribution is 2.29. The van der Waals surface area contributed by atoms with Crippen LogP contribution in [0, 0.1) is 5.82 Å². The van der Waals surface area contributed by atoms with E-state index in [0.29, 0.717) is 16.5 Å². The van der Waals surface area contributed by atoms with Gasteiger partial charge in [0.1, 0.15) is 5.82 Å². The van der Waals surface area contributed by atoms with Gasteiger partial charge in [0.2, 0.25) is 0 Å². The molecule has 2 aromatic carbocycles. The van der Waals surface area contributed by atoms with Crippen molar-refractivity contribution in [3.8, 4) is 0 Å². The standard InChI is InChI=1S/C14H12BrClFN/c15-11-7-6-10(14(17)13(11)16)8-12(18)9-4-2-1-3-5-9/h1-7,12H,8,18H2. The fourth-order valence-corrected chi connectivity index (χ4v) is 2.27. The van der Waals surface area contributed by atoms with Gasteiger partial charge in [-0.25, -0.2) is 4.39 Å². The van der Waals surface area contributed by atoms with Crippen LogP contribution in [0.15, 0.2) is 46.9 Å². The predicted octanol–water partition coefficient (Wildman–Crippen LogP) is 4.48. The van der Waals surface area contributed by atoms with Gasteiger partial charge >= 0.3 is 0 Å². The summed E-state index contributed by atoms with van der Waals surface area (Å²) in [6.45, 7) is 0. The van der Waals surface area contributed by atoms with Crippen LogP contribution in [0.3, 0.4) is 0 Å². The molecule has 0 bridgehead atoms. The lowest BCUT2D eigenvalue weighted by atomic mass is 9.99. The van der Waals surface area contributed by atoms with Gasteiger partial charge in [0.15, 0.2) is 0 Å². The van der Waals surface area contributed by atoms with Gasteiger partial charge in [0.25, 0.3) is 0 Å². The van der Waals surface area contributed by atoms with Crippen LogP contribution in [0.2, 0.25) is 5.02 Å². The summed E-state index contributed by atoms with van der Waals surface area (Å²) >= 11 is 9.04. The summed E-state index contributed by atoms with van der Waals surface area (Å²) < 4.78 is 14.5. The van der Waals surface area contributed by atoms with E-state index >= 15 is 0 Å². The Kier molecular flexibility index (Phi) is 4.38. The zero-order chi connectivity index (χ0) is 13.1. The second kappa shape index (κ2) is 5.83. The third-order valence-corrected chi connectivity index (χ3v) is 4.04. The second-order valence-electron chi connectivity index (χ2n) is 4.06. The maximum absolute atomic E-state index is 13.9. The van der Waals surface area contributed by atoms with Crippen molar-refractivity contribution < 1.29 is 4.39 Å². The van der Waals surface area contributed by atoms with Gasteiger partial charge in [-0.3, -0.25) is 0 Å². The first kappa shape index (κ1) is 13.5. The zero-order valence-electron chi connectivity index (χ0n) is 9.54. The molecule has 2 aromatic rings. The van der Waals surface area contributed by atoms with Crippen molar-refractivity contribution in [3.05, 3.63) is 68.9 Å². The summed E-state index contributed by atoms with van der Waals surface area (Å²) in [5.41, 5.74) is 7.57. The molecule has 0 radical (unpaired) electrons. The van der Waals surface area contributed by atoms with Crippen LogP contribution >= 0.6 is 27.5 Å². The Balaban J connectivity index is 2.22. The fourth-order valence-electron chi connectivity index (χ4n) is 1.78. The topological polar surface area (TPSA) is 26.0 Å². The summed E-state index contributed by atoms with van der Waals surface area (Å²) in [6.07, 6.45) is 0.419. The monoisotopic (exact) mass is 327 g/mol. The number of benzene rings is 2. The van der Waals surface area contributed by atoms with Crippen LogP contribution in [0.4, 0.5) is 4.39 Å². The molecular weight excluding hydrogens is 317 g/mol. The van der Waals surface area contributed by atoms with E-state index in [9.17, 15) is 4.39 Å². The zero-order valence-corrected chi connectivity index (χ0v) is 11.9. The third-order valence-electron chi connectivity index (χ3n) is 2.78. The first-order chi connectivity index (χ1) is 8.59. The third kappa shape index (κ3) is 2.91. The molecule has 18 heavy (non-hydrogen) atoms. The number of hydrogen-bond acceptors (Lipinski definition) is 1. The highest BCUT2D eigenvalue weighted by molar-refractivity contribution is 9.10. The minimum atomic E-state index is -0.405. The Bertz CT molecular complexity index is 545. The molecule has 0 spiro atoms. The molecule has 0 saturated carbocycles. The Morgan fingerprint density at radius 2 is 1.83 bits per heavy atom. The molecule has 0 aromatic heterocycles. The van der Waals surface area contributed by atoms with E-state index < -0.39 is 5.82 Å². The van der Waals surface area contributed by atoms with Crippen molar-refractivity contribution in [1.82, 2.24) is 0 Å². The number of nitrogens with two attached hydrogens (primary N) is 1. The lowest BCUT2D eigenvalue weighted by Crippen LogP contribution is -2.14. The highest BCUT2D eigenvalue weighted by atomic mass is 79.9. The van der Waals surface area contributed by atoms with Crippen molar-refractivity contribution in [1.29, 1.82) is 0 Å². The van der Waals surface area contributed by atoms with Gasteiger partial charge < -0.3 is 5.73 Å². The average Bonchev–Trinajstić information content (AvgIpc) is 2.40. The van der Waals surface area contributed by atoms with Crippen LogP contribution in [0.1, 0.15) is 17.2 Å². The van der Waals surface area contributed by atoms with Gasteiger partial charge in [-0.05, 0) is 39.5 Å². The first-order valence-electron chi connectivity index (χ1n) is 5.52. The molecule has 1 atom stereocenters. The van der Waals surface area contributed by atoms with Crippen LogP contribution < -0.4 is 5.73 Å². The maximum Gasteiger partial charge on any atom is 0.146 e. The number of rotatable bonds is 3. The Hall–Kier alpha value is -0.900. The summed E-state index contributed by atoms with van der Waals surface area (Å²) in [4.78, 5) is 0. The molecule has 2 N–H and O–H groups in total. The molecule has 4 heteroatoms. The van der Waals surface area contributed by atoms with Gasteiger partial charge in [0, 0.05) is 10.5 Å². The van der Waals surface area contributed by atoms with Gasteiger partial charge in [-0.2, -0.15) is 0 Å². The van der Waals surface area contributed by atoms with Crippen LogP contribution in [-0.2, 0) is 6.42 Å². The summed E-state index contributed by atoms with van der Waals surface area (Å²) in [5, 5.41) is 0.104. The fraction of sp³-hybridized carbons (Fsp3) is 0.143. The predicted molar refractivity (Wildman–Crippen MR) is 76.2 cm³/mol. The van der Waals surface area contributed by atoms with Crippen molar-refractivity contribution in [2.24, 2.45) is 5.73 Å².